The zero-order valence-corrected chi connectivity index (χ0v) is 15.0. The monoisotopic (exact) mass is 373 g/mol. The first-order chi connectivity index (χ1) is 12.5. The van der Waals surface area contributed by atoms with Gasteiger partial charge in [0, 0.05) is 23.2 Å². The van der Waals surface area contributed by atoms with Gasteiger partial charge in [0.1, 0.15) is 0 Å². The quantitative estimate of drug-likeness (QED) is 0.808. The number of nitrogens with one attached hydrogen (secondary N) is 2. The van der Waals surface area contributed by atoms with Crippen LogP contribution in [0.1, 0.15) is 41.6 Å². The number of hydrogen-bond donors (Lipinski definition) is 2. The van der Waals surface area contributed by atoms with Crippen LogP contribution in [0.25, 0.3) is 0 Å². The fraction of sp³-hybridized carbons (Fsp3) is 0.316. The topological polar surface area (TPSA) is 80.2 Å². The first-order valence-corrected chi connectivity index (χ1v) is 8.96. The summed E-state index contributed by atoms with van der Waals surface area (Å²) < 4.78 is 1.44. The van der Waals surface area contributed by atoms with E-state index in [0.29, 0.717) is 17.1 Å². The Hall–Kier alpha value is -2.60. The van der Waals surface area contributed by atoms with Gasteiger partial charge in [-0.15, -0.1) is 0 Å². The Morgan fingerprint density at radius 1 is 1.04 bits per heavy atom. The molecule has 0 saturated heterocycles. The number of pyridine rings is 1. The molecule has 7 heteroatoms. The summed E-state index contributed by atoms with van der Waals surface area (Å²) in [6, 6.07) is 9.92. The summed E-state index contributed by atoms with van der Waals surface area (Å²) >= 11 is 5.86. The molecule has 26 heavy (non-hydrogen) atoms. The van der Waals surface area contributed by atoms with E-state index < -0.39 is 5.91 Å². The normalized spacial score (nSPS) is 14.2. The second kappa shape index (κ2) is 8.19. The van der Waals surface area contributed by atoms with E-state index in [9.17, 15) is 14.4 Å². The fourth-order valence-electron chi connectivity index (χ4n) is 3.06. The lowest BCUT2D eigenvalue weighted by molar-refractivity contribution is -0.125. The number of rotatable bonds is 4. The Balaban J connectivity index is 1.66. The van der Waals surface area contributed by atoms with Crippen LogP contribution in [0.3, 0.4) is 0 Å². The van der Waals surface area contributed by atoms with Crippen molar-refractivity contribution in [2.45, 2.75) is 32.2 Å². The molecule has 2 N–H and O–H groups in total. The van der Waals surface area contributed by atoms with Crippen molar-refractivity contribution < 1.29 is 9.59 Å². The van der Waals surface area contributed by atoms with Gasteiger partial charge in [0.15, 0.2) is 0 Å². The Bertz CT molecular complexity index is 855. The standard InChI is InChI=1S/C19H20ClN3O3/c20-16-8-5-13(6-9-16)11-23-12-15(7-10-17(23)24)19(26)22-21-18(25)14-3-1-2-4-14/h5-10,12,14H,1-4,11H2,(H,21,25)(H,22,26). The molecular formula is C19H20ClN3O3. The van der Waals surface area contributed by atoms with Crippen LogP contribution in [0, 0.1) is 5.92 Å². The molecule has 0 unspecified atom stereocenters. The third kappa shape index (κ3) is 4.52. The maximum Gasteiger partial charge on any atom is 0.271 e. The van der Waals surface area contributed by atoms with Gasteiger partial charge < -0.3 is 4.57 Å². The predicted octanol–water partition coefficient (Wildman–Crippen LogP) is 2.50. The molecule has 1 aromatic heterocycles. The molecule has 1 aromatic carbocycles. The summed E-state index contributed by atoms with van der Waals surface area (Å²) in [5, 5.41) is 0.618. The number of halogens is 1. The molecule has 2 aromatic rings. The van der Waals surface area contributed by atoms with E-state index in [4.69, 9.17) is 11.6 Å². The summed E-state index contributed by atoms with van der Waals surface area (Å²) in [5.41, 5.74) is 5.87. The molecule has 0 radical (unpaired) electrons. The molecule has 0 spiro atoms. The van der Waals surface area contributed by atoms with Crippen LogP contribution in [0.2, 0.25) is 5.02 Å². The molecule has 0 bridgehead atoms. The maximum atomic E-state index is 12.3. The highest BCUT2D eigenvalue weighted by Crippen LogP contribution is 2.24. The molecule has 1 aliphatic rings. The average Bonchev–Trinajstić information content (AvgIpc) is 3.18. The molecular weight excluding hydrogens is 354 g/mol. The number of carbonyl (C=O) groups excluding carboxylic acids is 2. The highest BCUT2D eigenvalue weighted by atomic mass is 35.5. The molecule has 6 nitrogen and oxygen atoms in total. The Morgan fingerprint density at radius 3 is 2.42 bits per heavy atom. The molecule has 3 rings (SSSR count). The highest BCUT2D eigenvalue weighted by Gasteiger charge is 2.23. The summed E-state index contributed by atoms with van der Waals surface area (Å²) in [4.78, 5) is 36.3. The lowest BCUT2D eigenvalue weighted by atomic mass is 10.1. The molecule has 0 aliphatic heterocycles. The first kappa shape index (κ1) is 18.2. The Kier molecular flexibility index (Phi) is 5.73. The lowest BCUT2D eigenvalue weighted by Crippen LogP contribution is -2.44. The van der Waals surface area contributed by atoms with Crippen LogP contribution in [-0.4, -0.2) is 16.4 Å². The van der Waals surface area contributed by atoms with Crippen molar-refractivity contribution in [3.05, 3.63) is 69.1 Å². The van der Waals surface area contributed by atoms with Gasteiger partial charge in [0.05, 0.1) is 12.1 Å². The zero-order chi connectivity index (χ0) is 18.5. The van der Waals surface area contributed by atoms with Crippen molar-refractivity contribution in [1.29, 1.82) is 0 Å². The molecule has 1 heterocycles. The lowest BCUT2D eigenvalue weighted by Gasteiger charge is -2.12. The maximum absolute atomic E-state index is 12.3. The van der Waals surface area contributed by atoms with Crippen molar-refractivity contribution in [3.63, 3.8) is 0 Å². The number of amides is 2. The van der Waals surface area contributed by atoms with Crippen LogP contribution >= 0.6 is 11.6 Å². The van der Waals surface area contributed by atoms with E-state index >= 15 is 0 Å². The van der Waals surface area contributed by atoms with E-state index in [2.05, 4.69) is 10.9 Å². The summed E-state index contributed by atoms with van der Waals surface area (Å²) in [7, 11) is 0. The van der Waals surface area contributed by atoms with Crippen molar-refractivity contribution in [3.8, 4) is 0 Å². The van der Waals surface area contributed by atoms with E-state index in [-0.39, 0.29) is 17.4 Å². The van der Waals surface area contributed by atoms with Crippen LogP contribution in [0.5, 0.6) is 0 Å². The van der Waals surface area contributed by atoms with Gasteiger partial charge in [-0.05, 0) is 36.6 Å². The second-order valence-electron chi connectivity index (χ2n) is 6.44. The van der Waals surface area contributed by atoms with E-state index in [1.807, 2.05) is 12.1 Å². The summed E-state index contributed by atoms with van der Waals surface area (Å²) in [6.07, 6.45) is 5.28. The number of benzene rings is 1. The van der Waals surface area contributed by atoms with Gasteiger partial charge in [0.25, 0.3) is 11.5 Å². The van der Waals surface area contributed by atoms with E-state index in [1.54, 1.807) is 12.1 Å². The minimum absolute atomic E-state index is 0.0332. The Morgan fingerprint density at radius 2 is 1.73 bits per heavy atom. The number of aromatic nitrogens is 1. The SMILES string of the molecule is O=C(NNC(=O)C1CCCC1)c1ccc(=O)n(Cc2ccc(Cl)cc2)c1. The first-order valence-electron chi connectivity index (χ1n) is 8.58. The number of nitrogens with zero attached hydrogens (tertiary/aromatic N) is 1. The third-order valence-corrected chi connectivity index (χ3v) is 4.79. The minimum atomic E-state index is -0.457. The van der Waals surface area contributed by atoms with Gasteiger partial charge in [0.2, 0.25) is 5.91 Å². The molecule has 0 atom stereocenters. The van der Waals surface area contributed by atoms with E-state index in [0.717, 1.165) is 31.2 Å². The van der Waals surface area contributed by atoms with Gasteiger partial charge in [-0.2, -0.15) is 0 Å². The van der Waals surface area contributed by atoms with Gasteiger partial charge in [-0.25, -0.2) is 0 Å². The molecule has 1 fully saturated rings. The van der Waals surface area contributed by atoms with Crippen LogP contribution < -0.4 is 16.4 Å². The fourth-order valence-corrected chi connectivity index (χ4v) is 3.18. The van der Waals surface area contributed by atoms with Crippen molar-refractivity contribution in [2.24, 2.45) is 5.92 Å². The second-order valence-corrected chi connectivity index (χ2v) is 6.87. The highest BCUT2D eigenvalue weighted by molar-refractivity contribution is 6.30. The summed E-state index contributed by atoms with van der Waals surface area (Å²) in [5.74, 6) is -0.652. The molecule has 2 amide bonds. The Labute approximate surface area is 156 Å². The van der Waals surface area contributed by atoms with E-state index in [1.165, 1.54) is 22.9 Å². The van der Waals surface area contributed by atoms with Crippen molar-refractivity contribution in [1.82, 2.24) is 15.4 Å². The molecule has 136 valence electrons. The van der Waals surface area contributed by atoms with Crippen molar-refractivity contribution in [2.75, 3.05) is 0 Å². The minimum Gasteiger partial charge on any atom is -0.310 e. The van der Waals surface area contributed by atoms with Gasteiger partial charge >= 0.3 is 0 Å². The number of hydrogen-bond acceptors (Lipinski definition) is 3. The summed E-state index contributed by atoms with van der Waals surface area (Å²) in [6.45, 7) is 0.325. The predicted molar refractivity (Wildman–Crippen MR) is 98.8 cm³/mol. The smallest absolute Gasteiger partial charge is 0.271 e. The largest absolute Gasteiger partial charge is 0.310 e. The molecule has 1 aliphatic carbocycles. The van der Waals surface area contributed by atoms with Crippen LogP contribution in [0.15, 0.2) is 47.4 Å². The number of carbonyl (C=O) groups is 2. The van der Waals surface area contributed by atoms with Crippen LogP contribution in [-0.2, 0) is 11.3 Å². The van der Waals surface area contributed by atoms with Crippen LogP contribution in [0.4, 0.5) is 0 Å². The van der Waals surface area contributed by atoms with Crippen molar-refractivity contribution >= 4 is 23.4 Å². The zero-order valence-electron chi connectivity index (χ0n) is 14.2. The average molecular weight is 374 g/mol. The van der Waals surface area contributed by atoms with Gasteiger partial charge in [-0.1, -0.05) is 36.6 Å². The third-order valence-electron chi connectivity index (χ3n) is 4.54. The number of hydrazine groups is 1. The van der Waals surface area contributed by atoms with Gasteiger partial charge in [-0.3, -0.25) is 25.2 Å². The molecule has 1 saturated carbocycles.